The van der Waals surface area contributed by atoms with Crippen molar-refractivity contribution in [1.82, 2.24) is 9.88 Å². The van der Waals surface area contributed by atoms with Crippen LogP contribution >= 0.6 is 0 Å². The third-order valence-electron chi connectivity index (χ3n) is 5.27. The molecular weight excluding hydrogens is 417 g/mol. The molecule has 0 N–H and O–H groups in total. The van der Waals surface area contributed by atoms with Crippen molar-refractivity contribution in [3.8, 4) is 17.6 Å². The Morgan fingerprint density at radius 1 is 1.06 bits per heavy atom. The number of ether oxygens (including phenoxy) is 1. The van der Waals surface area contributed by atoms with Crippen LogP contribution in [0.5, 0.6) is 5.75 Å². The molecule has 0 radical (unpaired) electrons. The normalized spacial score (nSPS) is 13.1. The molecule has 0 aliphatic carbocycles. The zero-order chi connectivity index (χ0) is 22.7. The number of benzene rings is 2. The maximum absolute atomic E-state index is 13.1. The lowest BCUT2D eigenvalue weighted by Crippen LogP contribution is -2.36. The zero-order valence-electron chi connectivity index (χ0n) is 17.2. The van der Waals surface area contributed by atoms with E-state index in [1.54, 1.807) is 41.4 Å². The predicted octanol–water partition coefficient (Wildman–Crippen LogP) is 4.71. The third kappa shape index (κ3) is 4.59. The SMILES string of the molecule is COc1ccc(C(=O)N2CCc3ccc(C(F)(F)F)cc3C2)cc1C#Cc1ccccn1. The molecule has 2 aromatic carbocycles. The number of amides is 1. The number of halogens is 3. The van der Waals surface area contributed by atoms with E-state index in [1.807, 2.05) is 6.07 Å². The van der Waals surface area contributed by atoms with Gasteiger partial charge in [-0.25, -0.2) is 4.98 Å². The van der Waals surface area contributed by atoms with E-state index in [-0.39, 0.29) is 12.5 Å². The minimum Gasteiger partial charge on any atom is -0.495 e. The Morgan fingerprint density at radius 3 is 2.62 bits per heavy atom. The highest BCUT2D eigenvalue weighted by atomic mass is 19.4. The Morgan fingerprint density at radius 2 is 1.91 bits per heavy atom. The predicted molar refractivity (Wildman–Crippen MR) is 113 cm³/mol. The van der Waals surface area contributed by atoms with E-state index in [0.29, 0.717) is 41.1 Å². The van der Waals surface area contributed by atoms with Crippen LogP contribution in [-0.2, 0) is 19.1 Å². The average Bonchev–Trinajstić information content (AvgIpc) is 2.81. The van der Waals surface area contributed by atoms with Gasteiger partial charge in [-0.15, -0.1) is 0 Å². The molecule has 0 saturated carbocycles. The fourth-order valence-corrected chi connectivity index (χ4v) is 3.60. The highest BCUT2D eigenvalue weighted by Crippen LogP contribution is 2.32. The molecule has 0 saturated heterocycles. The van der Waals surface area contributed by atoms with Crippen LogP contribution in [0.15, 0.2) is 60.8 Å². The summed E-state index contributed by atoms with van der Waals surface area (Å²) in [7, 11) is 1.52. The minimum atomic E-state index is -4.42. The van der Waals surface area contributed by atoms with Crippen LogP contribution in [0, 0.1) is 11.8 Å². The number of methoxy groups -OCH3 is 1. The highest BCUT2D eigenvalue weighted by Gasteiger charge is 2.32. The lowest BCUT2D eigenvalue weighted by molar-refractivity contribution is -0.137. The first kappa shape index (κ1) is 21.4. The van der Waals surface area contributed by atoms with Gasteiger partial charge in [-0.3, -0.25) is 4.79 Å². The van der Waals surface area contributed by atoms with Gasteiger partial charge in [-0.1, -0.05) is 18.1 Å². The molecule has 4 nitrogen and oxygen atoms in total. The molecule has 0 bridgehead atoms. The van der Waals surface area contributed by atoms with E-state index in [2.05, 4.69) is 16.8 Å². The van der Waals surface area contributed by atoms with Gasteiger partial charge < -0.3 is 9.64 Å². The summed E-state index contributed by atoms with van der Waals surface area (Å²) >= 11 is 0. The second kappa shape index (κ2) is 8.75. The maximum atomic E-state index is 13.1. The van der Waals surface area contributed by atoms with Gasteiger partial charge in [0.05, 0.1) is 18.2 Å². The molecule has 7 heteroatoms. The number of aromatic nitrogens is 1. The Balaban J connectivity index is 1.59. The standard InChI is InChI=1S/C25H19F3N2O2/c1-32-23-10-7-19(14-18(23)6-9-22-4-2-3-12-29-22)24(31)30-13-11-17-5-8-21(25(26,27)28)15-20(17)16-30/h2-5,7-8,10,12,14-15H,11,13,16H2,1H3. The molecule has 2 heterocycles. The van der Waals surface area contributed by atoms with Gasteiger partial charge in [0, 0.05) is 24.8 Å². The number of hydrogen-bond acceptors (Lipinski definition) is 3. The molecule has 1 aliphatic heterocycles. The first-order chi connectivity index (χ1) is 15.3. The minimum absolute atomic E-state index is 0.124. The second-order valence-electron chi connectivity index (χ2n) is 7.34. The van der Waals surface area contributed by atoms with E-state index in [4.69, 9.17) is 4.74 Å². The quantitative estimate of drug-likeness (QED) is 0.547. The number of fused-ring (bicyclic) bond motifs is 1. The van der Waals surface area contributed by atoms with Crippen molar-refractivity contribution >= 4 is 5.91 Å². The van der Waals surface area contributed by atoms with Gasteiger partial charge in [-0.2, -0.15) is 13.2 Å². The smallest absolute Gasteiger partial charge is 0.416 e. The maximum Gasteiger partial charge on any atom is 0.416 e. The number of alkyl halides is 3. The summed E-state index contributed by atoms with van der Waals surface area (Å²) < 4.78 is 44.6. The van der Waals surface area contributed by atoms with Crippen molar-refractivity contribution < 1.29 is 22.7 Å². The van der Waals surface area contributed by atoms with Crippen molar-refractivity contribution in [2.45, 2.75) is 19.1 Å². The number of pyridine rings is 1. The summed E-state index contributed by atoms with van der Waals surface area (Å²) in [4.78, 5) is 18.8. The molecule has 0 atom stereocenters. The van der Waals surface area contributed by atoms with Crippen molar-refractivity contribution in [3.05, 3.63) is 94.3 Å². The molecule has 1 amide bonds. The van der Waals surface area contributed by atoms with E-state index < -0.39 is 11.7 Å². The molecule has 0 spiro atoms. The highest BCUT2D eigenvalue weighted by molar-refractivity contribution is 5.95. The number of carbonyl (C=O) groups is 1. The number of rotatable bonds is 2. The summed E-state index contributed by atoms with van der Waals surface area (Å²) in [6, 6.07) is 14.0. The van der Waals surface area contributed by atoms with Crippen molar-refractivity contribution in [2.24, 2.45) is 0 Å². The lowest BCUT2D eigenvalue weighted by Gasteiger charge is -2.29. The van der Waals surface area contributed by atoms with Crippen LogP contribution < -0.4 is 4.74 Å². The van der Waals surface area contributed by atoms with E-state index >= 15 is 0 Å². The molecule has 4 rings (SSSR count). The summed E-state index contributed by atoms with van der Waals surface area (Å²) in [6.07, 6.45) is -2.28. The van der Waals surface area contributed by atoms with Crippen LogP contribution in [0.2, 0.25) is 0 Å². The van der Waals surface area contributed by atoms with Crippen LogP contribution in [0.4, 0.5) is 13.2 Å². The first-order valence-corrected chi connectivity index (χ1v) is 9.94. The van der Waals surface area contributed by atoms with E-state index in [1.165, 1.54) is 13.2 Å². The third-order valence-corrected chi connectivity index (χ3v) is 5.27. The van der Waals surface area contributed by atoms with Crippen LogP contribution in [0.1, 0.15) is 38.3 Å². The summed E-state index contributed by atoms with van der Waals surface area (Å²) in [5.74, 6) is 6.18. The number of carbonyl (C=O) groups excluding carboxylic acids is 1. The molecule has 3 aromatic rings. The van der Waals surface area contributed by atoms with Gasteiger partial charge in [0.15, 0.2) is 0 Å². The largest absolute Gasteiger partial charge is 0.495 e. The zero-order valence-corrected chi connectivity index (χ0v) is 17.2. The average molecular weight is 436 g/mol. The molecule has 162 valence electrons. The lowest BCUT2D eigenvalue weighted by atomic mass is 9.96. The van der Waals surface area contributed by atoms with Gasteiger partial charge >= 0.3 is 6.18 Å². The molecule has 32 heavy (non-hydrogen) atoms. The second-order valence-corrected chi connectivity index (χ2v) is 7.34. The van der Waals surface area contributed by atoms with Gasteiger partial charge in [-0.05, 0) is 65.9 Å². The fraction of sp³-hybridized carbons (Fsp3) is 0.200. The van der Waals surface area contributed by atoms with Crippen molar-refractivity contribution in [3.63, 3.8) is 0 Å². The Hall–Kier alpha value is -3.79. The van der Waals surface area contributed by atoms with E-state index in [9.17, 15) is 18.0 Å². The molecular formula is C25H19F3N2O2. The van der Waals surface area contributed by atoms with Gasteiger partial charge in [0.2, 0.25) is 0 Å². The van der Waals surface area contributed by atoms with Crippen LogP contribution in [0.25, 0.3) is 0 Å². The molecule has 0 fully saturated rings. The molecule has 0 unspecified atom stereocenters. The summed E-state index contributed by atoms with van der Waals surface area (Å²) in [5, 5.41) is 0. The van der Waals surface area contributed by atoms with Crippen molar-refractivity contribution in [2.75, 3.05) is 13.7 Å². The van der Waals surface area contributed by atoms with Crippen LogP contribution in [0.3, 0.4) is 0 Å². The Bertz CT molecular complexity index is 1210. The molecule has 1 aliphatic rings. The summed E-state index contributed by atoms with van der Waals surface area (Å²) in [6.45, 7) is 0.553. The first-order valence-electron chi connectivity index (χ1n) is 9.94. The number of nitrogens with zero attached hydrogens (tertiary/aromatic N) is 2. The Labute approximate surface area is 183 Å². The van der Waals surface area contributed by atoms with E-state index in [0.717, 1.165) is 17.7 Å². The van der Waals surface area contributed by atoms with Crippen LogP contribution in [-0.4, -0.2) is 29.4 Å². The van der Waals surface area contributed by atoms with Crippen molar-refractivity contribution in [1.29, 1.82) is 0 Å². The topological polar surface area (TPSA) is 42.4 Å². The van der Waals surface area contributed by atoms with Gasteiger partial charge in [0.25, 0.3) is 5.91 Å². The Kier molecular flexibility index (Phi) is 5.87. The summed E-state index contributed by atoms with van der Waals surface area (Å²) in [5.41, 5.74) is 2.15. The number of hydrogen-bond donors (Lipinski definition) is 0. The molecule has 1 aromatic heterocycles. The monoisotopic (exact) mass is 436 g/mol. The van der Waals surface area contributed by atoms with Gasteiger partial charge in [0.1, 0.15) is 11.4 Å². The fourth-order valence-electron chi connectivity index (χ4n) is 3.60.